The average molecular weight is 222 g/mol. The summed E-state index contributed by atoms with van der Waals surface area (Å²) < 4.78 is 0. The predicted molar refractivity (Wildman–Crippen MR) is 71.5 cm³/mol. The first-order valence-corrected chi connectivity index (χ1v) is 6.43. The van der Waals surface area contributed by atoms with Crippen LogP contribution < -0.4 is 0 Å². The van der Waals surface area contributed by atoms with Crippen LogP contribution in [0, 0.1) is 5.92 Å². The minimum atomic E-state index is 0.114. The fourth-order valence-electron chi connectivity index (χ4n) is 1.73. The van der Waals surface area contributed by atoms with Crippen LogP contribution in [0.1, 0.15) is 59.8 Å². The molecule has 0 aromatic carbocycles. The largest absolute Gasteiger partial charge is 0.295 e. The normalized spacial score (nSPS) is 14.4. The Morgan fingerprint density at radius 2 is 1.81 bits per heavy atom. The summed E-state index contributed by atoms with van der Waals surface area (Å²) in [7, 11) is 0. The van der Waals surface area contributed by atoms with E-state index in [9.17, 15) is 4.79 Å². The van der Waals surface area contributed by atoms with Crippen molar-refractivity contribution in [2.75, 3.05) is 0 Å². The minimum Gasteiger partial charge on any atom is -0.295 e. The predicted octanol–water partition coefficient (Wildman–Crippen LogP) is 4.68. The minimum absolute atomic E-state index is 0.114. The van der Waals surface area contributed by atoms with E-state index in [1.807, 2.05) is 6.08 Å². The number of carbonyl (C=O) groups is 1. The van der Waals surface area contributed by atoms with Gasteiger partial charge < -0.3 is 0 Å². The lowest BCUT2D eigenvalue weighted by molar-refractivity contribution is -0.112. The molecular weight excluding hydrogens is 196 g/mol. The Hall–Kier alpha value is -0.850. The maximum Gasteiger partial charge on any atom is 0.152 e. The van der Waals surface area contributed by atoms with Crippen LogP contribution in [0.5, 0.6) is 0 Å². The van der Waals surface area contributed by atoms with Crippen LogP contribution in [0.4, 0.5) is 0 Å². The molecule has 0 saturated heterocycles. The Balaban J connectivity index is 3.86. The van der Waals surface area contributed by atoms with Gasteiger partial charge in [0, 0.05) is 0 Å². The summed E-state index contributed by atoms with van der Waals surface area (Å²) in [5.74, 6) is 0.733. The second-order valence-electron chi connectivity index (χ2n) is 4.68. The molecule has 0 aromatic heterocycles. The van der Waals surface area contributed by atoms with Gasteiger partial charge in [-0.3, -0.25) is 4.79 Å². The van der Waals surface area contributed by atoms with E-state index in [1.165, 1.54) is 37.7 Å². The summed E-state index contributed by atoms with van der Waals surface area (Å²) in [6, 6.07) is 0. The molecule has 1 nitrogen and oxygen atoms in total. The lowest BCUT2D eigenvalue weighted by atomic mass is 10.00. The summed E-state index contributed by atoms with van der Waals surface area (Å²) in [6.07, 6.45) is 12.4. The summed E-state index contributed by atoms with van der Waals surface area (Å²) in [6.45, 7) is 8.12. The number of allylic oxidation sites excluding steroid dienone is 4. The molecule has 1 unspecified atom stereocenters. The standard InChI is InChI=1S/C15H26O/c1-5-6-7-8-9-13(2)12-14(3)10-11-15(4)16/h10-13H,5-9H2,1-4H3/b11-10+,14-12+. The lowest BCUT2D eigenvalue weighted by Gasteiger charge is -2.06. The molecule has 1 heteroatoms. The van der Waals surface area contributed by atoms with Gasteiger partial charge in [-0.05, 0) is 32.3 Å². The molecule has 0 bridgehead atoms. The third kappa shape index (κ3) is 9.70. The fraction of sp³-hybridized carbons (Fsp3) is 0.667. The molecule has 0 spiro atoms. The monoisotopic (exact) mass is 222 g/mol. The number of carbonyl (C=O) groups excluding carboxylic acids is 1. The van der Waals surface area contributed by atoms with E-state index in [-0.39, 0.29) is 5.78 Å². The molecule has 0 fully saturated rings. The quantitative estimate of drug-likeness (QED) is 0.331. The number of hydrogen-bond donors (Lipinski definition) is 0. The highest BCUT2D eigenvalue weighted by atomic mass is 16.1. The summed E-state index contributed by atoms with van der Waals surface area (Å²) in [4.78, 5) is 10.8. The van der Waals surface area contributed by atoms with Crippen molar-refractivity contribution < 1.29 is 4.79 Å². The number of unbranched alkanes of at least 4 members (excludes halogenated alkanes) is 3. The summed E-state index contributed by atoms with van der Waals surface area (Å²) in [5, 5.41) is 0. The molecule has 0 saturated carbocycles. The van der Waals surface area contributed by atoms with Crippen molar-refractivity contribution in [1.82, 2.24) is 0 Å². The smallest absolute Gasteiger partial charge is 0.152 e. The Bertz CT molecular complexity index is 248. The van der Waals surface area contributed by atoms with Crippen LogP contribution in [-0.2, 0) is 4.79 Å². The lowest BCUT2D eigenvalue weighted by Crippen LogP contribution is -1.91. The topological polar surface area (TPSA) is 17.1 Å². The molecule has 0 aliphatic rings. The molecule has 1 atom stereocenters. The first kappa shape index (κ1) is 15.2. The van der Waals surface area contributed by atoms with Crippen molar-refractivity contribution in [1.29, 1.82) is 0 Å². The number of rotatable bonds is 8. The van der Waals surface area contributed by atoms with Gasteiger partial charge in [-0.2, -0.15) is 0 Å². The van der Waals surface area contributed by atoms with Gasteiger partial charge in [-0.1, -0.05) is 57.3 Å². The van der Waals surface area contributed by atoms with Crippen molar-refractivity contribution in [3.63, 3.8) is 0 Å². The zero-order valence-corrected chi connectivity index (χ0v) is 11.3. The molecule has 0 amide bonds. The van der Waals surface area contributed by atoms with Gasteiger partial charge in [0.2, 0.25) is 0 Å². The summed E-state index contributed by atoms with van der Waals surface area (Å²) >= 11 is 0. The Labute approximate surface area is 101 Å². The highest BCUT2D eigenvalue weighted by Crippen LogP contribution is 2.13. The molecule has 16 heavy (non-hydrogen) atoms. The van der Waals surface area contributed by atoms with Gasteiger partial charge in [0.05, 0.1) is 0 Å². The molecule has 0 radical (unpaired) electrons. The Kier molecular flexibility index (Phi) is 8.88. The highest BCUT2D eigenvalue weighted by Gasteiger charge is 1.98. The van der Waals surface area contributed by atoms with Crippen molar-refractivity contribution in [2.45, 2.75) is 59.8 Å². The van der Waals surface area contributed by atoms with Crippen molar-refractivity contribution in [2.24, 2.45) is 5.92 Å². The Morgan fingerprint density at radius 3 is 2.38 bits per heavy atom. The molecule has 0 rings (SSSR count). The van der Waals surface area contributed by atoms with Crippen LogP contribution in [0.3, 0.4) is 0 Å². The second kappa shape index (κ2) is 9.38. The van der Waals surface area contributed by atoms with E-state index in [0.717, 1.165) is 0 Å². The van der Waals surface area contributed by atoms with Crippen LogP contribution >= 0.6 is 0 Å². The molecule has 0 N–H and O–H groups in total. The van der Waals surface area contributed by atoms with Gasteiger partial charge in [-0.25, -0.2) is 0 Å². The van der Waals surface area contributed by atoms with E-state index in [2.05, 4.69) is 26.8 Å². The molecule has 92 valence electrons. The van der Waals surface area contributed by atoms with Crippen LogP contribution in [0.2, 0.25) is 0 Å². The first-order chi connectivity index (χ1) is 7.56. The zero-order chi connectivity index (χ0) is 12.4. The average Bonchev–Trinajstić information content (AvgIpc) is 2.21. The van der Waals surface area contributed by atoms with Gasteiger partial charge in [0.25, 0.3) is 0 Å². The van der Waals surface area contributed by atoms with Crippen molar-refractivity contribution in [3.8, 4) is 0 Å². The molecule has 0 aliphatic heterocycles. The fourth-order valence-corrected chi connectivity index (χ4v) is 1.73. The second-order valence-corrected chi connectivity index (χ2v) is 4.68. The first-order valence-electron chi connectivity index (χ1n) is 6.43. The van der Waals surface area contributed by atoms with Crippen LogP contribution in [0.25, 0.3) is 0 Å². The number of hydrogen-bond acceptors (Lipinski definition) is 1. The number of ketones is 1. The van der Waals surface area contributed by atoms with Crippen molar-refractivity contribution >= 4 is 5.78 Å². The van der Waals surface area contributed by atoms with E-state index in [0.29, 0.717) is 5.92 Å². The zero-order valence-electron chi connectivity index (χ0n) is 11.3. The van der Waals surface area contributed by atoms with Crippen LogP contribution in [0.15, 0.2) is 23.8 Å². The van der Waals surface area contributed by atoms with Crippen LogP contribution in [-0.4, -0.2) is 5.78 Å². The van der Waals surface area contributed by atoms with E-state index in [4.69, 9.17) is 0 Å². The van der Waals surface area contributed by atoms with Gasteiger partial charge in [0.1, 0.15) is 0 Å². The molecular formula is C15H26O. The van der Waals surface area contributed by atoms with Crippen molar-refractivity contribution in [3.05, 3.63) is 23.8 Å². The highest BCUT2D eigenvalue weighted by molar-refractivity contribution is 5.87. The van der Waals surface area contributed by atoms with Gasteiger partial charge in [-0.15, -0.1) is 0 Å². The molecule has 0 heterocycles. The van der Waals surface area contributed by atoms with Gasteiger partial charge >= 0.3 is 0 Å². The maximum atomic E-state index is 10.8. The summed E-state index contributed by atoms with van der Waals surface area (Å²) in [5.41, 5.74) is 1.19. The van der Waals surface area contributed by atoms with E-state index >= 15 is 0 Å². The molecule has 0 aromatic rings. The van der Waals surface area contributed by atoms with E-state index in [1.54, 1.807) is 13.0 Å². The SMILES string of the molecule is CCCCCCC(C)/C=C(C)/C=C/C(C)=O. The van der Waals surface area contributed by atoms with E-state index < -0.39 is 0 Å². The maximum absolute atomic E-state index is 10.8. The van der Waals surface area contributed by atoms with Gasteiger partial charge in [0.15, 0.2) is 5.78 Å². The Morgan fingerprint density at radius 1 is 1.12 bits per heavy atom. The third-order valence-corrected chi connectivity index (χ3v) is 2.64. The molecule has 0 aliphatic carbocycles. The third-order valence-electron chi connectivity index (χ3n) is 2.64.